The Morgan fingerprint density at radius 3 is 2.14 bits per heavy atom. The molecule has 0 spiro atoms. The second-order valence-corrected chi connectivity index (χ2v) is 1.58. The third kappa shape index (κ3) is 7.95. The quantitative estimate of drug-likeness (QED) is 0.325. The van der Waals surface area contributed by atoms with Crippen LogP contribution in [-0.4, -0.2) is 11.9 Å². The minimum absolute atomic E-state index is 0. The maximum Gasteiger partial charge on any atom is 1.00 e. The van der Waals surface area contributed by atoms with Crippen LogP contribution in [0.15, 0.2) is 0 Å². The van der Waals surface area contributed by atoms with Gasteiger partial charge in [-0.25, -0.2) is 0 Å². The van der Waals surface area contributed by atoms with E-state index in [1.807, 2.05) is 6.92 Å². The topological polar surface area (TPSA) is 23.1 Å². The molecule has 0 aromatic heterocycles. The van der Waals surface area contributed by atoms with Crippen molar-refractivity contribution >= 4 is 12.6 Å². The summed E-state index contributed by atoms with van der Waals surface area (Å²) in [4.78, 5) is 0. The van der Waals surface area contributed by atoms with Crippen molar-refractivity contribution in [3.8, 4) is 0 Å². The van der Waals surface area contributed by atoms with Crippen molar-refractivity contribution in [1.82, 2.24) is 0 Å². The molecule has 38 valence electrons. The number of thiol groups is 1. The summed E-state index contributed by atoms with van der Waals surface area (Å²) in [7, 11) is 0. The van der Waals surface area contributed by atoms with E-state index in [-0.39, 0.29) is 51.4 Å². The average molecular weight is 144 g/mol. The van der Waals surface area contributed by atoms with Gasteiger partial charge in [0.25, 0.3) is 0 Å². The first-order valence-electron chi connectivity index (χ1n) is 2.08. The maximum absolute atomic E-state index is 10.2. The molecule has 0 rings (SSSR count). The Kier molecular flexibility index (Phi) is 13.3. The SMILES string of the molecule is CCC([O-])CS.[K+]. The van der Waals surface area contributed by atoms with Crippen LogP contribution in [0.25, 0.3) is 0 Å². The zero-order chi connectivity index (χ0) is 4.99. The Hall–Kier alpha value is 1.95. The molecule has 0 bridgehead atoms. The third-order valence-electron chi connectivity index (χ3n) is 0.659. The minimum atomic E-state index is -0.451. The van der Waals surface area contributed by atoms with Crippen LogP contribution in [0.3, 0.4) is 0 Å². The molecule has 0 aliphatic carbocycles. The summed E-state index contributed by atoms with van der Waals surface area (Å²) in [6.45, 7) is 1.87. The zero-order valence-electron chi connectivity index (χ0n) is 4.85. The molecule has 7 heavy (non-hydrogen) atoms. The molecule has 1 nitrogen and oxygen atoms in total. The van der Waals surface area contributed by atoms with E-state index in [9.17, 15) is 5.11 Å². The van der Waals surface area contributed by atoms with E-state index in [0.717, 1.165) is 0 Å². The van der Waals surface area contributed by atoms with Crippen molar-refractivity contribution in [1.29, 1.82) is 0 Å². The van der Waals surface area contributed by atoms with Gasteiger partial charge in [0.05, 0.1) is 0 Å². The summed E-state index contributed by atoms with van der Waals surface area (Å²) in [6.07, 6.45) is 0.247. The summed E-state index contributed by atoms with van der Waals surface area (Å²) in [5.41, 5.74) is 0. The van der Waals surface area contributed by atoms with E-state index in [0.29, 0.717) is 12.2 Å². The fourth-order valence-electron chi connectivity index (χ4n) is 0.129. The van der Waals surface area contributed by atoms with E-state index in [2.05, 4.69) is 12.6 Å². The van der Waals surface area contributed by atoms with E-state index in [4.69, 9.17) is 0 Å². The Balaban J connectivity index is 0. The van der Waals surface area contributed by atoms with Gasteiger partial charge >= 0.3 is 51.4 Å². The van der Waals surface area contributed by atoms with Crippen molar-refractivity contribution in [3.63, 3.8) is 0 Å². The number of hydrogen-bond donors (Lipinski definition) is 1. The molecule has 0 aromatic rings. The molecule has 0 amide bonds. The molecule has 0 N–H and O–H groups in total. The largest absolute Gasteiger partial charge is 1.00 e. The molecule has 1 atom stereocenters. The van der Waals surface area contributed by atoms with Crippen LogP contribution in [-0.2, 0) is 0 Å². The van der Waals surface area contributed by atoms with Gasteiger partial charge in [-0.3, -0.25) is 0 Å². The Morgan fingerprint density at radius 2 is 2.14 bits per heavy atom. The van der Waals surface area contributed by atoms with Gasteiger partial charge in [-0.15, -0.1) is 6.10 Å². The smallest absolute Gasteiger partial charge is 0.851 e. The fraction of sp³-hybridized carbons (Fsp3) is 1.00. The van der Waals surface area contributed by atoms with Gasteiger partial charge in [0.2, 0.25) is 0 Å². The summed E-state index contributed by atoms with van der Waals surface area (Å²) >= 11 is 3.78. The summed E-state index contributed by atoms with van der Waals surface area (Å²) in [5.74, 6) is 0.469. The second-order valence-electron chi connectivity index (χ2n) is 1.21. The van der Waals surface area contributed by atoms with Crippen LogP contribution < -0.4 is 56.5 Å². The molecule has 3 heteroatoms. The van der Waals surface area contributed by atoms with E-state index in [1.165, 1.54) is 0 Å². The predicted octanol–water partition coefficient (Wildman–Crippen LogP) is -2.94. The molecule has 0 fully saturated rings. The Bertz CT molecular complexity index is 30.9. The van der Waals surface area contributed by atoms with Gasteiger partial charge in [-0.05, 0) is 5.75 Å². The first-order valence-corrected chi connectivity index (χ1v) is 2.71. The summed E-state index contributed by atoms with van der Waals surface area (Å²) in [5, 5.41) is 10.2. The second kappa shape index (κ2) is 7.95. The van der Waals surface area contributed by atoms with Crippen molar-refractivity contribution in [2.45, 2.75) is 19.4 Å². The van der Waals surface area contributed by atoms with Crippen molar-refractivity contribution in [2.75, 3.05) is 5.75 Å². The summed E-state index contributed by atoms with van der Waals surface area (Å²) in [6, 6.07) is 0. The number of hydrogen-bond acceptors (Lipinski definition) is 2. The van der Waals surface area contributed by atoms with Crippen LogP contribution in [0.5, 0.6) is 0 Å². The van der Waals surface area contributed by atoms with Crippen molar-refractivity contribution in [3.05, 3.63) is 0 Å². The van der Waals surface area contributed by atoms with Crippen LogP contribution in [0.2, 0.25) is 0 Å². The van der Waals surface area contributed by atoms with Gasteiger partial charge in [0.15, 0.2) is 0 Å². The third-order valence-corrected chi connectivity index (χ3v) is 1.07. The monoisotopic (exact) mass is 144 g/mol. The molecule has 0 aromatic carbocycles. The van der Waals surface area contributed by atoms with Crippen LogP contribution in [0.1, 0.15) is 13.3 Å². The van der Waals surface area contributed by atoms with Gasteiger partial charge in [0.1, 0.15) is 0 Å². The van der Waals surface area contributed by atoms with Gasteiger partial charge in [-0.2, -0.15) is 12.6 Å². The molecule has 0 radical (unpaired) electrons. The van der Waals surface area contributed by atoms with Gasteiger partial charge < -0.3 is 5.11 Å². The Morgan fingerprint density at radius 1 is 1.71 bits per heavy atom. The van der Waals surface area contributed by atoms with Crippen LogP contribution in [0.4, 0.5) is 0 Å². The molecule has 0 heterocycles. The first kappa shape index (κ1) is 11.7. The molecule has 0 aliphatic rings. The van der Waals surface area contributed by atoms with Gasteiger partial charge in [-0.1, -0.05) is 13.3 Å². The predicted molar refractivity (Wildman–Crippen MR) is 27.9 cm³/mol. The van der Waals surface area contributed by atoms with Crippen molar-refractivity contribution < 1.29 is 56.5 Å². The molecule has 0 saturated heterocycles. The van der Waals surface area contributed by atoms with E-state index < -0.39 is 6.10 Å². The minimum Gasteiger partial charge on any atom is -0.851 e. The number of rotatable bonds is 2. The molecule has 1 unspecified atom stereocenters. The molecular weight excluding hydrogens is 135 g/mol. The van der Waals surface area contributed by atoms with E-state index in [1.54, 1.807) is 0 Å². The zero-order valence-corrected chi connectivity index (χ0v) is 8.86. The first-order chi connectivity index (χ1) is 2.81. The van der Waals surface area contributed by atoms with Crippen molar-refractivity contribution in [2.24, 2.45) is 0 Å². The maximum atomic E-state index is 10.2. The molecular formula is C4H9KOS. The van der Waals surface area contributed by atoms with Gasteiger partial charge in [0, 0.05) is 0 Å². The standard InChI is InChI=1S/C4H9OS.K/c1-2-4(5)3-6;/h4,6H,2-3H2,1H3;/q-1;+1. The van der Waals surface area contributed by atoms with Crippen LogP contribution >= 0.6 is 12.6 Å². The average Bonchev–Trinajstić information content (AvgIpc) is 1.65. The Labute approximate surface area is 92.7 Å². The normalized spacial score (nSPS) is 12.4. The molecule has 0 saturated carbocycles. The summed E-state index contributed by atoms with van der Waals surface area (Å²) < 4.78 is 0. The van der Waals surface area contributed by atoms with E-state index >= 15 is 0 Å². The molecule has 0 aliphatic heterocycles. The van der Waals surface area contributed by atoms with Crippen LogP contribution in [0, 0.1) is 0 Å². The fourth-order valence-corrected chi connectivity index (χ4v) is 0.387.